The quantitative estimate of drug-likeness (QED) is 0.548. The lowest BCUT2D eigenvalue weighted by Gasteiger charge is -2.43. The van der Waals surface area contributed by atoms with E-state index in [4.69, 9.17) is 15.9 Å². The summed E-state index contributed by atoms with van der Waals surface area (Å²) in [5.74, 6) is 0.561. The molecule has 0 aliphatic carbocycles. The average molecular weight is 293 g/mol. The highest BCUT2D eigenvalue weighted by Crippen LogP contribution is 2.28. The molecule has 0 bridgehead atoms. The minimum atomic E-state index is -0.416. The van der Waals surface area contributed by atoms with Crippen LogP contribution in [0.2, 0.25) is 0 Å². The number of rotatable bonds is 3. The number of morpholine rings is 1. The van der Waals surface area contributed by atoms with E-state index in [0.29, 0.717) is 24.5 Å². The lowest BCUT2D eigenvalue weighted by Crippen LogP contribution is -2.54. The molecular weight excluding hydrogens is 270 g/mol. The summed E-state index contributed by atoms with van der Waals surface area (Å²) in [5, 5.41) is 25.6. The summed E-state index contributed by atoms with van der Waals surface area (Å²) in [6.45, 7) is 8.69. The summed E-state index contributed by atoms with van der Waals surface area (Å²) >= 11 is 0. The number of nitrogens with zero attached hydrogens (tertiary/aromatic N) is 3. The van der Waals surface area contributed by atoms with Gasteiger partial charge in [0.1, 0.15) is 5.84 Å². The van der Waals surface area contributed by atoms with Crippen molar-refractivity contribution in [3.05, 3.63) is 16.8 Å². The first-order valence-corrected chi connectivity index (χ1v) is 6.97. The third-order valence-corrected chi connectivity index (χ3v) is 3.69. The molecule has 1 saturated heterocycles. The summed E-state index contributed by atoms with van der Waals surface area (Å²) in [5.41, 5.74) is 7.54. The second-order valence-electron chi connectivity index (χ2n) is 6.09. The Kier molecular flexibility index (Phi) is 4.15. The first-order chi connectivity index (χ1) is 9.75. The molecule has 1 fully saturated rings. The fraction of sp³-hybridized carbons (Fsp3) is 0.643. The minimum absolute atomic E-state index is 0.0228. The Morgan fingerprint density at radius 2 is 2.14 bits per heavy atom. The number of aromatic nitrogens is 2. The zero-order valence-electron chi connectivity index (χ0n) is 13.0. The molecule has 0 radical (unpaired) electrons. The van der Waals surface area contributed by atoms with Gasteiger partial charge in [-0.25, -0.2) is 0 Å². The van der Waals surface area contributed by atoms with E-state index in [-0.39, 0.29) is 18.5 Å². The molecule has 1 aliphatic rings. The summed E-state index contributed by atoms with van der Waals surface area (Å²) in [6.07, 6.45) is -0.294. The van der Waals surface area contributed by atoms with Crippen molar-refractivity contribution < 1.29 is 9.84 Å². The highest BCUT2D eigenvalue weighted by molar-refractivity contribution is 6.01. The normalized spacial score (nSPS) is 21.4. The number of amidine groups is 1. The van der Waals surface area contributed by atoms with E-state index < -0.39 is 5.60 Å². The number of aryl methyl sites for hydroxylation is 1. The number of hydrogen-bond donors (Lipinski definition) is 3. The van der Waals surface area contributed by atoms with Gasteiger partial charge in [-0.15, -0.1) is 5.10 Å². The fourth-order valence-corrected chi connectivity index (χ4v) is 2.69. The predicted octanol–water partition coefficient (Wildman–Crippen LogP) is 0.354. The molecule has 1 atom stereocenters. The van der Waals surface area contributed by atoms with Gasteiger partial charge in [0, 0.05) is 13.1 Å². The highest BCUT2D eigenvalue weighted by Gasteiger charge is 2.35. The molecule has 2 heterocycles. The van der Waals surface area contributed by atoms with E-state index in [1.807, 2.05) is 32.6 Å². The second-order valence-corrected chi connectivity index (χ2v) is 6.09. The van der Waals surface area contributed by atoms with Crippen LogP contribution in [-0.2, 0) is 4.74 Å². The largest absolute Gasteiger partial charge is 0.394 e. The summed E-state index contributed by atoms with van der Waals surface area (Å²) in [6, 6.07) is 0. The van der Waals surface area contributed by atoms with Gasteiger partial charge in [-0.3, -0.25) is 5.41 Å². The van der Waals surface area contributed by atoms with E-state index in [1.54, 1.807) is 0 Å². The lowest BCUT2D eigenvalue weighted by atomic mass is 10.0. The molecule has 0 amide bonds. The van der Waals surface area contributed by atoms with Crippen molar-refractivity contribution >= 4 is 11.7 Å². The summed E-state index contributed by atoms with van der Waals surface area (Å²) in [7, 11) is 0. The topological polar surface area (TPSA) is 108 Å². The van der Waals surface area contributed by atoms with Crippen LogP contribution < -0.4 is 10.6 Å². The van der Waals surface area contributed by atoms with Gasteiger partial charge < -0.3 is 20.5 Å². The van der Waals surface area contributed by atoms with Crippen LogP contribution in [-0.4, -0.2) is 52.5 Å². The van der Waals surface area contributed by atoms with Gasteiger partial charge in [-0.2, -0.15) is 5.10 Å². The number of nitrogens with one attached hydrogen (secondary N) is 1. The van der Waals surface area contributed by atoms with Crippen LogP contribution in [0.3, 0.4) is 0 Å². The average Bonchev–Trinajstić information content (AvgIpc) is 2.39. The Morgan fingerprint density at radius 3 is 2.71 bits per heavy atom. The van der Waals surface area contributed by atoms with Crippen molar-refractivity contribution in [3.8, 4) is 0 Å². The molecule has 1 aromatic heterocycles. The van der Waals surface area contributed by atoms with Crippen LogP contribution in [0.4, 0.5) is 5.82 Å². The van der Waals surface area contributed by atoms with Gasteiger partial charge >= 0.3 is 0 Å². The number of anilines is 1. The lowest BCUT2D eigenvalue weighted by molar-refractivity contribution is -0.101. The number of hydrogen-bond acceptors (Lipinski definition) is 6. The smallest absolute Gasteiger partial charge is 0.162 e. The van der Waals surface area contributed by atoms with E-state index in [0.717, 1.165) is 11.3 Å². The van der Waals surface area contributed by atoms with Crippen molar-refractivity contribution in [2.75, 3.05) is 24.6 Å². The van der Waals surface area contributed by atoms with Crippen LogP contribution >= 0.6 is 0 Å². The molecule has 116 valence electrons. The van der Waals surface area contributed by atoms with Gasteiger partial charge in [0.2, 0.25) is 0 Å². The molecule has 0 spiro atoms. The third-order valence-electron chi connectivity index (χ3n) is 3.69. The molecule has 7 nitrogen and oxygen atoms in total. The van der Waals surface area contributed by atoms with Crippen LogP contribution in [0.1, 0.15) is 30.7 Å². The van der Waals surface area contributed by atoms with Crippen LogP contribution in [0.25, 0.3) is 0 Å². The first kappa shape index (κ1) is 15.7. The Balaban J connectivity index is 2.46. The van der Waals surface area contributed by atoms with Gasteiger partial charge in [0.25, 0.3) is 0 Å². The molecule has 0 saturated carbocycles. The van der Waals surface area contributed by atoms with Crippen molar-refractivity contribution in [2.24, 2.45) is 5.73 Å². The Morgan fingerprint density at radius 1 is 1.48 bits per heavy atom. The van der Waals surface area contributed by atoms with Crippen LogP contribution in [0.5, 0.6) is 0 Å². The number of nitrogens with two attached hydrogens (primary N) is 1. The van der Waals surface area contributed by atoms with Gasteiger partial charge in [0.05, 0.1) is 29.6 Å². The summed E-state index contributed by atoms with van der Waals surface area (Å²) in [4.78, 5) is 1.99. The molecule has 7 heteroatoms. The molecule has 2 rings (SSSR count). The first-order valence-electron chi connectivity index (χ1n) is 6.97. The minimum Gasteiger partial charge on any atom is -0.394 e. The number of ether oxygens (including phenoxy) is 1. The number of aliphatic hydroxyl groups is 1. The fourth-order valence-electron chi connectivity index (χ4n) is 2.69. The molecule has 1 unspecified atom stereocenters. The maximum Gasteiger partial charge on any atom is 0.162 e. The van der Waals surface area contributed by atoms with E-state index in [2.05, 4.69) is 10.2 Å². The van der Waals surface area contributed by atoms with Crippen LogP contribution in [0.15, 0.2) is 0 Å². The SMILES string of the molecule is Cc1nnc(N2CC(CO)OC(C)(C)C2)c(C(=N)N)c1C. The third kappa shape index (κ3) is 3.14. The Labute approximate surface area is 124 Å². The molecule has 0 aromatic carbocycles. The molecule has 4 N–H and O–H groups in total. The zero-order chi connectivity index (χ0) is 15.8. The zero-order valence-corrected chi connectivity index (χ0v) is 13.0. The van der Waals surface area contributed by atoms with E-state index in [9.17, 15) is 5.11 Å². The summed E-state index contributed by atoms with van der Waals surface area (Å²) < 4.78 is 5.80. The second kappa shape index (κ2) is 5.57. The van der Waals surface area contributed by atoms with Crippen LogP contribution in [0, 0.1) is 19.3 Å². The van der Waals surface area contributed by atoms with Gasteiger partial charge in [-0.05, 0) is 33.3 Å². The predicted molar refractivity (Wildman–Crippen MR) is 80.8 cm³/mol. The monoisotopic (exact) mass is 293 g/mol. The Hall–Kier alpha value is -1.73. The van der Waals surface area contributed by atoms with Gasteiger partial charge in [0.15, 0.2) is 5.82 Å². The molecule has 1 aliphatic heterocycles. The molecular formula is C14H23N5O2. The number of aliphatic hydroxyl groups excluding tert-OH is 1. The van der Waals surface area contributed by atoms with Crippen molar-refractivity contribution in [2.45, 2.75) is 39.4 Å². The Bertz CT molecular complexity index is 559. The standard InChI is InChI=1S/C14H23N5O2/c1-8-9(2)17-18-13(11(8)12(15)16)19-5-10(6-20)21-14(3,4)7-19/h10,20H,5-7H2,1-4H3,(H3,15,16). The highest BCUT2D eigenvalue weighted by atomic mass is 16.5. The van der Waals surface area contributed by atoms with E-state index in [1.165, 1.54) is 0 Å². The van der Waals surface area contributed by atoms with E-state index >= 15 is 0 Å². The van der Waals surface area contributed by atoms with Crippen molar-refractivity contribution in [3.63, 3.8) is 0 Å². The maximum absolute atomic E-state index is 9.41. The maximum atomic E-state index is 9.41. The molecule has 1 aromatic rings. The molecule has 21 heavy (non-hydrogen) atoms. The number of nitrogen functional groups attached to an aromatic ring is 1. The van der Waals surface area contributed by atoms with Crippen molar-refractivity contribution in [1.82, 2.24) is 10.2 Å². The van der Waals surface area contributed by atoms with Crippen molar-refractivity contribution in [1.29, 1.82) is 5.41 Å². The van der Waals surface area contributed by atoms with Gasteiger partial charge in [-0.1, -0.05) is 0 Å².